The number of hydrogen-bond donors (Lipinski definition) is 1. The van der Waals surface area contributed by atoms with Crippen molar-refractivity contribution in [1.82, 2.24) is 9.97 Å². The maximum Gasteiger partial charge on any atom is 0.257 e. The molecule has 5 nitrogen and oxygen atoms in total. The Kier molecular flexibility index (Phi) is 5.08. The Balaban J connectivity index is 1.70. The Labute approximate surface area is 151 Å². The topological polar surface area (TPSA) is 64.1 Å². The van der Waals surface area contributed by atoms with Crippen LogP contribution in [0.2, 0.25) is 5.02 Å². The second kappa shape index (κ2) is 7.42. The fourth-order valence-corrected chi connectivity index (χ4v) is 2.50. The molecule has 0 aliphatic rings. The van der Waals surface area contributed by atoms with Gasteiger partial charge in [-0.25, -0.2) is 4.98 Å². The van der Waals surface area contributed by atoms with Gasteiger partial charge in [-0.3, -0.25) is 9.78 Å². The molecule has 1 amide bonds. The van der Waals surface area contributed by atoms with Gasteiger partial charge < -0.3 is 10.1 Å². The van der Waals surface area contributed by atoms with Crippen molar-refractivity contribution in [2.75, 3.05) is 5.32 Å². The third-order valence-corrected chi connectivity index (χ3v) is 3.87. The molecule has 3 aromatic rings. The van der Waals surface area contributed by atoms with Crippen molar-refractivity contribution in [3.63, 3.8) is 0 Å². The fraction of sp³-hybridized carbons (Fsp3) is 0. The van der Waals surface area contributed by atoms with Crippen molar-refractivity contribution in [3.05, 3.63) is 76.1 Å². The molecule has 0 saturated heterocycles. The molecule has 0 saturated carbocycles. The lowest BCUT2D eigenvalue weighted by Crippen LogP contribution is -2.12. The summed E-state index contributed by atoms with van der Waals surface area (Å²) in [6, 6.07) is 12.0. The van der Waals surface area contributed by atoms with Crippen molar-refractivity contribution >= 4 is 39.1 Å². The first kappa shape index (κ1) is 16.4. The molecule has 1 heterocycles. The highest BCUT2D eigenvalue weighted by atomic mass is 79.9. The zero-order chi connectivity index (χ0) is 16.9. The van der Waals surface area contributed by atoms with Gasteiger partial charge in [-0.2, -0.15) is 0 Å². The van der Waals surface area contributed by atoms with Crippen LogP contribution < -0.4 is 10.1 Å². The van der Waals surface area contributed by atoms with Gasteiger partial charge in [0.05, 0.1) is 16.8 Å². The van der Waals surface area contributed by atoms with Gasteiger partial charge in [0.1, 0.15) is 5.75 Å². The molecular formula is C17H11BrClN3O2. The number of carbonyl (C=O) groups is 1. The van der Waals surface area contributed by atoms with E-state index in [0.29, 0.717) is 27.9 Å². The molecule has 3 rings (SSSR count). The minimum atomic E-state index is -0.288. The number of halogens is 2. The molecule has 0 radical (unpaired) electrons. The Hall–Kier alpha value is -2.44. The van der Waals surface area contributed by atoms with E-state index in [0.717, 1.165) is 4.47 Å². The molecule has 0 fully saturated rings. The minimum Gasteiger partial charge on any atom is -0.438 e. The van der Waals surface area contributed by atoms with Gasteiger partial charge in [0.2, 0.25) is 5.88 Å². The Morgan fingerprint density at radius 1 is 1.12 bits per heavy atom. The summed E-state index contributed by atoms with van der Waals surface area (Å²) >= 11 is 9.38. The molecule has 7 heteroatoms. The molecule has 120 valence electrons. The first-order valence-electron chi connectivity index (χ1n) is 6.92. The van der Waals surface area contributed by atoms with E-state index < -0.39 is 0 Å². The first-order chi connectivity index (χ1) is 11.6. The van der Waals surface area contributed by atoms with E-state index in [9.17, 15) is 4.79 Å². The van der Waals surface area contributed by atoms with E-state index in [1.165, 1.54) is 6.20 Å². The van der Waals surface area contributed by atoms with Gasteiger partial charge in [0, 0.05) is 22.6 Å². The van der Waals surface area contributed by atoms with E-state index in [1.807, 2.05) is 0 Å². The zero-order valence-electron chi connectivity index (χ0n) is 12.2. The van der Waals surface area contributed by atoms with Crippen molar-refractivity contribution in [1.29, 1.82) is 0 Å². The molecule has 0 aliphatic heterocycles. The standard InChI is InChI=1S/C17H11BrClN3O2/c18-11-1-6-15(19)14(9-11)17(23)22-12-2-4-13(5-3-12)24-16-10-20-7-8-21-16/h1-10H,(H,22,23). The van der Waals surface area contributed by atoms with E-state index in [-0.39, 0.29) is 5.91 Å². The van der Waals surface area contributed by atoms with Crippen LogP contribution in [-0.4, -0.2) is 15.9 Å². The van der Waals surface area contributed by atoms with Gasteiger partial charge in [0.25, 0.3) is 5.91 Å². The summed E-state index contributed by atoms with van der Waals surface area (Å²) in [6.07, 6.45) is 4.63. The maximum atomic E-state index is 12.3. The lowest BCUT2D eigenvalue weighted by atomic mass is 10.2. The molecule has 2 aromatic carbocycles. The number of benzene rings is 2. The molecular weight excluding hydrogens is 394 g/mol. The van der Waals surface area contributed by atoms with Gasteiger partial charge >= 0.3 is 0 Å². The van der Waals surface area contributed by atoms with Gasteiger partial charge in [-0.1, -0.05) is 27.5 Å². The predicted molar refractivity (Wildman–Crippen MR) is 95.7 cm³/mol. The molecule has 0 aliphatic carbocycles. The average Bonchev–Trinajstić information content (AvgIpc) is 2.59. The quantitative estimate of drug-likeness (QED) is 0.669. The Morgan fingerprint density at radius 3 is 2.62 bits per heavy atom. The fourth-order valence-electron chi connectivity index (χ4n) is 1.94. The van der Waals surface area contributed by atoms with Crippen LogP contribution in [0, 0.1) is 0 Å². The summed E-state index contributed by atoms with van der Waals surface area (Å²) in [4.78, 5) is 20.3. The van der Waals surface area contributed by atoms with Crippen LogP contribution in [0.4, 0.5) is 5.69 Å². The third kappa shape index (κ3) is 4.10. The van der Waals surface area contributed by atoms with Crippen molar-refractivity contribution in [2.24, 2.45) is 0 Å². The maximum absolute atomic E-state index is 12.3. The van der Waals surface area contributed by atoms with Crippen LogP contribution in [0.1, 0.15) is 10.4 Å². The Morgan fingerprint density at radius 2 is 1.92 bits per heavy atom. The smallest absolute Gasteiger partial charge is 0.257 e. The molecule has 1 N–H and O–H groups in total. The van der Waals surface area contributed by atoms with E-state index in [2.05, 4.69) is 31.2 Å². The molecule has 0 spiro atoms. The number of rotatable bonds is 4. The number of hydrogen-bond acceptors (Lipinski definition) is 4. The van der Waals surface area contributed by atoms with Crippen LogP contribution in [0.3, 0.4) is 0 Å². The van der Waals surface area contributed by atoms with E-state index in [1.54, 1.807) is 54.9 Å². The number of nitrogens with one attached hydrogen (secondary N) is 1. The number of ether oxygens (including phenoxy) is 1. The lowest BCUT2D eigenvalue weighted by molar-refractivity contribution is 0.102. The number of aromatic nitrogens is 2. The number of anilines is 1. The van der Waals surface area contributed by atoms with Gasteiger partial charge in [-0.15, -0.1) is 0 Å². The van der Waals surface area contributed by atoms with Gasteiger partial charge in [-0.05, 0) is 42.5 Å². The summed E-state index contributed by atoms with van der Waals surface area (Å²) < 4.78 is 6.33. The van der Waals surface area contributed by atoms with E-state index >= 15 is 0 Å². The van der Waals surface area contributed by atoms with Crippen LogP contribution in [-0.2, 0) is 0 Å². The third-order valence-electron chi connectivity index (χ3n) is 3.05. The monoisotopic (exact) mass is 403 g/mol. The number of amides is 1. The van der Waals surface area contributed by atoms with Crippen LogP contribution in [0.25, 0.3) is 0 Å². The molecule has 0 unspecified atom stereocenters. The molecule has 0 atom stereocenters. The van der Waals surface area contributed by atoms with Gasteiger partial charge in [0.15, 0.2) is 0 Å². The van der Waals surface area contributed by atoms with E-state index in [4.69, 9.17) is 16.3 Å². The summed E-state index contributed by atoms with van der Waals surface area (Å²) in [5.74, 6) is 0.702. The highest BCUT2D eigenvalue weighted by molar-refractivity contribution is 9.10. The second-order valence-electron chi connectivity index (χ2n) is 4.75. The number of carbonyl (C=O) groups excluding carboxylic acids is 1. The Bertz CT molecular complexity index is 857. The van der Waals surface area contributed by atoms with Crippen molar-refractivity contribution in [2.45, 2.75) is 0 Å². The van der Waals surface area contributed by atoms with Crippen LogP contribution in [0.5, 0.6) is 11.6 Å². The second-order valence-corrected chi connectivity index (χ2v) is 6.07. The number of nitrogens with zero attached hydrogens (tertiary/aromatic N) is 2. The lowest BCUT2D eigenvalue weighted by Gasteiger charge is -2.08. The minimum absolute atomic E-state index is 0.288. The highest BCUT2D eigenvalue weighted by Crippen LogP contribution is 2.24. The van der Waals surface area contributed by atoms with Crippen LogP contribution >= 0.6 is 27.5 Å². The summed E-state index contributed by atoms with van der Waals surface area (Å²) in [5.41, 5.74) is 1.02. The SMILES string of the molecule is O=C(Nc1ccc(Oc2cnccn2)cc1)c1cc(Br)ccc1Cl. The molecule has 1 aromatic heterocycles. The molecule has 0 bridgehead atoms. The average molecular weight is 405 g/mol. The predicted octanol–water partition coefficient (Wildman–Crippen LogP) is 4.94. The summed E-state index contributed by atoms with van der Waals surface area (Å²) in [7, 11) is 0. The largest absolute Gasteiger partial charge is 0.438 e. The summed E-state index contributed by atoms with van der Waals surface area (Å²) in [6.45, 7) is 0. The zero-order valence-corrected chi connectivity index (χ0v) is 14.6. The summed E-state index contributed by atoms with van der Waals surface area (Å²) in [5, 5.41) is 3.18. The molecule has 24 heavy (non-hydrogen) atoms. The van der Waals surface area contributed by atoms with Crippen molar-refractivity contribution in [3.8, 4) is 11.6 Å². The first-order valence-corrected chi connectivity index (χ1v) is 8.09. The van der Waals surface area contributed by atoms with Crippen LogP contribution in [0.15, 0.2) is 65.5 Å². The normalized spacial score (nSPS) is 10.2. The highest BCUT2D eigenvalue weighted by Gasteiger charge is 2.11. The van der Waals surface area contributed by atoms with Crippen molar-refractivity contribution < 1.29 is 9.53 Å².